The van der Waals surface area contributed by atoms with E-state index in [1.807, 2.05) is 19.1 Å². The average Bonchev–Trinajstić information content (AvgIpc) is 2.84. The van der Waals surface area contributed by atoms with Gasteiger partial charge in [0.2, 0.25) is 5.91 Å². The van der Waals surface area contributed by atoms with Crippen molar-refractivity contribution in [3.8, 4) is 0 Å². The molecular formula is C15H19BrN2O3. The Bertz CT molecular complexity index is 576. The van der Waals surface area contributed by atoms with E-state index < -0.39 is 17.3 Å². The van der Waals surface area contributed by atoms with E-state index in [0.29, 0.717) is 36.0 Å². The van der Waals surface area contributed by atoms with Crippen LogP contribution >= 0.6 is 15.9 Å². The van der Waals surface area contributed by atoms with Crippen molar-refractivity contribution < 1.29 is 14.7 Å². The van der Waals surface area contributed by atoms with Crippen LogP contribution in [0.4, 0.5) is 5.69 Å². The van der Waals surface area contributed by atoms with Gasteiger partial charge in [0, 0.05) is 23.2 Å². The number of carboxylic acid groups (broad SMARTS) is 1. The lowest BCUT2D eigenvalue weighted by molar-refractivity contribution is -0.148. The molecule has 0 aromatic heterocycles. The van der Waals surface area contributed by atoms with Gasteiger partial charge in [0.1, 0.15) is 0 Å². The molecule has 0 spiro atoms. The minimum absolute atomic E-state index is 0.427. The highest BCUT2D eigenvalue weighted by Gasteiger charge is 2.44. The molecule has 1 atom stereocenters. The van der Waals surface area contributed by atoms with Crippen molar-refractivity contribution in [1.29, 1.82) is 0 Å². The van der Waals surface area contributed by atoms with Crippen molar-refractivity contribution >= 4 is 33.5 Å². The normalized spacial score (nSPS) is 21.5. The number of amides is 1. The van der Waals surface area contributed by atoms with Gasteiger partial charge in [-0.1, -0.05) is 13.3 Å². The van der Waals surface area contributed by atoms with Crippen LogP contribution in [0.2, 0.25) is 0 Å². The van der Waals surface area contributed by atoms with Crippen LogP contribution in [0.15, 0.2) is 22.7 Å². The molecule has 1 saturated heterocycles. The van der Waals surface area contributed by atoms with Crippen molar-refractivity contribution in [2.75, 3.05) is 18.0 Å². The van der Waals surface area contributed by atoms with Gasteiger partial charge in [0.25, 0.3) is 0 Å². The van der Waals surface area contributed by atoms with Crippen molar-refractivity contribution in [3.63, 3.8) is 0 Å². The van der Waals surface area contributed by atoms with E-state index in [1.54, 1.807) is 6.07 Å². The molecule has 1 unspecified atom stereocenters. The van der Waals surface area contributed by atoms with Crippen molar-refractivity contribution in [3.05, 3.63) is 28.2 Å². The molecule has 5 nitrogen and oxygen atoms in total. The summed E-state index contributed by atoms with van der Waals surface area (Å²) < 4.78 is 0.635. The number of anilines is 1. The van der Waals surface area contributed by atoms with Crippen LogP contribution in [-0.4, -0.2) is 30.1 Å². The number of benzene rings is 1. The van der Waals surface area contributed by atoms with Crippen molar-refractivity contribution in [1.82, 2.24) is 0 Å². The third-order valence-corrected chi connectivity index (χ3v) is 4.78. The number of aliphatic carboxylic acids is 1. The molecule has 1 fully saturated rings. The molecule has 2 rings (SSSR count). The first-order valence-electron chi connectivity index (χ1n) is 6.97. The molecule has 0 radical (unpaired) electrons. The van der Waals surface area contributed by atoms with Gasteiger partial charge < -0.3 is 15.7 Å². The number of hydrogen-bond acceptors (Lipinski definition) is 3. The van der Waals surface area contributed by atoms with Crippen molar-refractivity contribution in [2.24, 2.45) is 11.1 Å². The third-order valence-electron chi connectivity index (χ3n) is 4.12. The van der Waals surface area contributed by atoms with Gasteiger partial charge in [-0.3, -0.25) is 9.59 Å². The van der Waals surface area contributed by atoms with Gasteiger partial charge in [-0.05, 0) is 47.0 Å². The maximum Gasteiger partial charge on any atom is 0.311 e. The number of rotatable bonds is 5. The third kappa shape index (κ3) is 3.05. The summed E-state index contributed by atoms with van der Waals surface area (Å²) in [5.74, 6) is -1.21. The summed E-state index contributed by atoms with van der Waals surface area (Å²) in [6, 6.07) is 5.31. The number of nitrogens with two attached hydrogens (primary N) is 1. The molecule has 1 aromatic rings. The second kappa shape index (κ2) is 6.05. The minimum atomic E-state index is -0.723. The van der Waals surface area contributed by atoms with Gasteiger partial charge in [0.15, 0.2) is 0 Å². The smallest absolute Gasteiger partial charge is 0.311 e. The quantitative estimate of drug-likeness (QED) is 0.851. The van der Waals surface area contributed by atoms with E-state index in [4.69, 9.17) is 5.73 Å². The molecule has 1 aromatic carbocycles. The Morgan fingerprint density at radius 1 is 1.48 bits per heavy atom. The molecular weight excluding hydrogens is 336 g/mol. The van der Waals surface area contributed by atoms with Gasteiger partial charge in [-0.25, -0.2) is 0 Å². The topological polar surface area (TPSA) is 83.6 Å². The number of carbonyl (C=O) groups is 2. The number of halogens is 1. The highest BCUT2D eigenvalue weighted by atomic mass is 79.9. The maximum atomic E-state index is 11.6. The van der Waals surface area contributed by atoms with Crippen LogP contribution in [0.5, 0.6) is 0 Å². The fraction of sp³-hybridized carbons (Fsp3) is 0.467. The zero-order valence-electron chi connectivity index (χ0n) is 11.9. The summed E-state index contributed by atoms with van der Waals surface area (Å²) in [6.45, 7) is 3.21. The standard InChI is InChI=1S/C15H19BrN2O3/c1-2-5-15(14(20)21)6-7-18(9-15)10-3-4-11(13(17)19)12(16)8-10/h3-4,8H,2,5-7,9H2,1H3,(H2,17,19)(H,20,21). The Kier molecular flexibility index (Phi) is 4.56. The van der Waals surface area contributed by atoms with E-state index in [9.17, 15) is 14.7 Å². The molecule has 6 heteroatoms. The van der Waals surface area contributed by atoms with Gasteiger partial charge >= 0.3 is 5.97 Å². The summed E-state index contributed by atoms with van der Waals surface area (Å²) in [5.41, 5.74) is 5.95. The maximum absolute atomic E-state index is 11.6. The Balaban J connectivity index is 2.23. The lowest BCUT2D eigenvalue weighted by Crippen LogP contribution is -2.34. The van der Waals surface area contributed by atoms with Gasteiger partial charge in [0.05, 0.1) is 11.0 Å². The summed E-state index contributed by atoms with van der Waals surface area (Å²) in [6.07, 6.45) is 2.18. The van der Waals surface area contributed by atoms with E-state index >= 15 is 0 Å². The molecule has 0 aliphatic carbocycles. The van der Waals surface area contributed by atoms with Crippen LogP contribution in [0.25, 0.3) is 0 Å². The van der Waals surface area contributed by atoms with E-state index in [2.05, 4.69) is 20.8 Å². The predicted molar refractivity (Wildman–Crippen MR) is 84.5 cm³/mol. The largest absolute Gasteiger partial charge is 0.481 e. The zero-order chi connectivity index (χ0) is 15.6. The molecule has 1 amide bonds. The van der Waals surface area contributed by atoms with Crippen LogP contribution in [0.1, 0.15) is 36.5 Å². The second-order valence-electron chi connectivity index (χ2n) is 5.54. The Morgan fingerprint density at radius 2 is 2.19 bits per heavy atom. The number of carbonyl (C=O) groups excluding carboxylic acids is 1. The average molecular weight is 355 g/mol. The first-order valence-corrected chi connectivity index (χ1v) is 7.76. The Labute approximate surface area is 132 Å². The van der Waals surface area contributed by atoms with Crippen LogP contribution in [0.3, 0.4) is 0 Å². The lowest BCUT2D eigenvalue weighted by Gasteiger charge is -2.25. The number of carboxylic acids is 1. The molecule has 114 valence electrons. The van der Waals surface area contributed by atoms with Crippen LogP contribution in [-0.2, 0) is 4.79 Å². The zero-order valence-corrected chi connectivity index (χ0v) is 13.5. The molecule has 3 N–H and O–H groups in total. The fourth-order valence-corrected chi connectivity index (χ4v) is 3.52. The van der Waals surface area contributed by atoms with E-state index in [-0.39, 0.29) is 0 Å². The summed E-state index contributed by atoms with van der Waals surface area (Å²) in [4.78, 5) is 24.9. The molecule has 0 bridgehead atoms. The Hall–Kier alpha value is -1.56. The lowest BCUT2D eigenvalue weighted by atomic mass is 9.83. The molecule has 21 heavy (non-hydrogen) atoms. The van der Waals surface area contributed by atoms with Crippen molar-refractivity contribution in [2.45, 2.75) is 26.2 Å². The van der Waals surface area contributed by atoms with E-state index in [0.717, 1.165) is 12.1 Å². The molecule has 1 heterocycles. The first kappa shape index (κ1) is 15.8. The minimum Gasteiger partial charge on any atom is -0.481 e. The first-order chi connectivity index (χ1) is 9.89. The second-order valence-corrected chi connectivity index (χ2v) is 6.39. The van der Waals surface area contributed by atoms with E-state index in [1.165, 1.54) is 0 Å². The highest BCUT2D eigenvalue weighted by molar-refractivity contribution is 9.10. The highest BCUT2D eigenvalue weighted by Crippen LogP contribution is 2.38. The summed E-state index contributed by atoms with van der Waals surface area (Å²) in [7, 11) is 0. The number of hydrogen-bond donors (Lipinski definition) is 2. The van der Waals surface area contributed by atoms with Gasteiger partial charge in [-0.2, -0.15) is 0 Å². The van der Waals surface area contributed by atoms with Crippen LogP contribution in [0, 0.1) is 5.41 Å². The van der Waals surface area contributed by atoms with Crippen LogP contribution < -0.4 is 10.6 Å². The number of nitrogens with zero attached hydrogens (tertiary/aromatic N) is 1. The number of primary amides is 1. The van der Waals surface area contributed by atoms with Gasteiger partial charge in [-0.15, -0.1) is 0 Å². The summed E-state index contributed by atoms with van der Waals surface area (Å²) >= 11 is 3.34. The predicted octanol–water partition coefficient (Wildman–Crippen LogP) is 2.63. The molecule has 1 aliphatic heterocycles. The molecule has 0 saturated carbocycles. The SMILES string of the molecule is CCCC1(C(=O)O)CCN(c2ccc(C(N)=O)c(Br)c2)C1. The fourth-order valence-electron chi connectivity index (χ4n) is 2.96. The Morgan fingerprint density at radius 3 is 2.71 bits per heavy atom. The molecule has 1 aliphatic rings. The monoisotopic (exact) mass is 354 g/mol. The summed E-state index contributed by atoms with van der Waals surface area (Å²) in [5, 5.41) is 9.53.